The first-order valence-electron chi connectivity index (χ1n) is 15.8. The molecule has 0 nitrogen and oxygen atoms in total. The summed E-state index contributed by atoms with van der Waals surface area (Å²) >= 11 is 0. The molecule has 198 valence electrons. The zero-order chi connectivity index (χ0) is 24.2. The minimum Gasteiger partial charge on any atom is -0.103 e. The first kappa shape index (κ1) is 32.7. The lowest BCUT2D eigenvalue weighted by Crippen LogP contribution is -2.03. The molecule has 33 heavy (non-hydrogen) atoms. The van der Waals surface area contributed by atoms with Crippen LogP contribution in [0.15, 0.2) is 12.7 Å². The van der Waals surface area contributed by atoms with E-state index in [4.69, 9.17) is 0 Å². The van der Waals surface area contributed by atoms with Crippen molar-refractivity contribution in [1.29, 1.82) is 0 Å². The van der Waals surface area contributed by atoms with E-state index in [2.05, 4.69) is 33.4 Å². The largest absolute Gasteiger partial charge is 0.103 e. The third-order valence-corrected chi connectivity index (χ3v) is 7.72. The monoisotopic (exact) mass is 463 g/mol. The van der Waals surface area contributed by atoms with Crippen LogP contribution in [0.25, 0.3) is 0 Å². The van der Waals surface area contributed by atoms with Crippen molar-refractivity contribution in [3.8, 4) is 0 Å². The van der Waals surface area contributed by atoms with Gasteiger partial charge in [-0.25, -0.2) is 0 Å². The molecular weight excluding hydrogens is 396 g/mol. The van der Waals surface area contributed by atoms with E-state index in [0.29, 0.717) is 0 Å². The zero-order valence-corrected chi connectivity index (χ0v) is 23.8. The van der Waals surface area contributed by atoms with Crippen molar-refractivity contribution in [3.05, 3.63) is 12.7 Å². The van der Waals surface area contributed by atoms with Crippen LogP contribution in [0, 0.1) is 11.8 Å². The summed E-state index contributed by atoms with van der Waals surface area (Å²) in [6.45, 7) is 11.0. The second kappa shape index (κ2) is 28.0. The van der Waals surface area contributed by atoms with Gasteiger partial charge in [-0.05, 0) is 31.1 Å². The van der Waals surface area contributed by atoms with Crippen molar-refractivity contribution < 1.29 is 0 Å². The number of allylic oxidation sites excluding steroid dienone is 1. The van der Waals surface area contributed by atoms with Crippen LogP contribution in [0.1, 0.15) is 188 Å². The van der Waals surface area contributed by atoms with Crippen LogP contribution in [0.2, 0.25) is 0 Å². The Balaban J connectivity index is 3.13. The van der Waals surface area contributed by atoms with Gasteiger partial charge in [0.25, 0.3) is 0 Å². The van der Waals surface area contributed by atoms with Gasteiger partial charge >= 0.3 is 0 Å². The second-order valence-corrected chi connectivity index (χ2v) is 11.5. The first-order chi connectivity index (χ1) is 16.2. The molecule has 0 aromatic rings. The van der Waals surface area contributed by atoms with Gasteiger partial charge in [-0.2, -0.15) is 0 Å². The summed E-state index contributed by atoms with van der Waals surface area (Å²) in [5.41, 5.74) is 0. The highest BCUT2D eigenvalue weighted by Gasteiger charge is 2.08. The average molecular weight is 463 g/mol. The summed E-state index contributed by atoms with van der Waals surface area (Å²) in [6, 6.07) is 0. The van der Waals surface area contributed by atoms with E-state index in [9.17, 15) is 0 Å². The Morgan fingerprint density at radius 3 is 1.09 bits per heavy atom. The highest BCUT2D eigenvalue weighted by atomic mass is 14.1. The van der Waals surface area contributed by atoms with Crippen molar-refractivity contribution >= 4 is 0 Å². The Bertz CT molecular complexity index is 357. The summed E-state index contributed by atoms with van der Waals surface area (Å²) in [5, 5.41) is 0. The van der Waals surface area contributed by atoms with Gasteiger partial charge in [-0.15, -0.1) is 6.58 Å². The van der Waals surface area contributed by atoms with Crippen LogP contribution in [0.4, 0.5) is 0 Å². The molecule has 0 amide bonds. The molecular formula is C33H66. The minimum atomic E-state index is 0.873. The molecule has 0 aliphatic rings. The van der Waals surface area contributed by atoms with Crippen molar-refractivity contribution in [2.75, 3.05) is 0 Å². The van der Waals surface area contributed by atoms with Crippen LogP contribution in [-0.4, -0.2) is 0 Å². The molecule has 2 unspecified atom stereocenters. The summed E-state index contributed by atoms with van der Waals surface area (Å²) in [5.74, 6) is 1.78. The molecule has 2 atom stereocenters. The summed E-state index contributed by atoms with van der Waals surface area (Å²) in [6.07, 6.45) is 39.9. The molecule has 0 heteroatoms. The lowest BCUT2D eigenvalue weighted by molar-refractivity contribution is 0.367. The molecule has 0 bridgehead atoms. The minimum absolute atomic E-state index is 0.873. The molecule has 0 aliphatic heterocycles. The Morgan fingerprint density at radius 1 is 0.455 bits per heavy atom. The molecule has 0 heterocycles. The first-order valence-corrected chi connectivity index (χ1v) is 15.8. The Hall–Kier alpha value is -0.260. The molecule has 0 spiro atoms. The number of unbranched alkanes of at least 4 members (excludes halogenated alkanes) is 21. The van der Waals surface area contributed by atoms with Crippen LogP contribution in [0.5, 0.6) is 0 Å². The van der Waals surface area contributed by atoms with Crippen molar-refractivity contribution in [1.82, 2.24) is 0 Å². The molecule has 0 aromatic carbocycles. The molecule has 0 radical (unpaired) electrons. The molecule has 0 saturated heterocycles. The van der Waals surface area contributed by atoms with E-state index < -0.39 is 0 Å². The van der Waals surface area contributed by atoms with Gasteiger partial charge in [0.1, 0.15) is 0 Å². The predicted molar refractivity (Wildman–Crippen MR) is 154 cm³/mol. The molecule has 0 saturated carbocycles. The number of hydrogen-bond acceptors (Lipinski definition) is 0. The van der Waals surface area contributed by atoms with Gasteiger partial charge in [0.15, 0.2) is 0 Å². The third-order valence-electron chi connectivity index (χ3n) is 7.72. The summed E-state index contributed by atoms with van der Waals surface area (Å²) in [4.78, 5) is 0. The quantitative estimate of drug-likeness (QED) is 0.0800. The van der Waals surface area contributed by atoms with E-state index in [0.717, 1.165) is 11.8 Å². The highest BCUT2D eigenvalue weighted by Crippen LogP contribution is 2.22. The lowest BCUT2D eigenvalue weighted by atomic mass is 9.90. The van der Waals surface area contributed by atoms with Gasteiger partial charge in [0.2, 0.25) is 0 Å². The van der Waals surface area contributed by atoms with E-state index in [1.165, 1.54) is 167 Å². The van der Waals surface area contributed by atoms with Crippen LogP contribution in [-0.2, 0) is 0 Å². The number of hydrogen-bond donors (Lipinski definition) is 0. The second-order valence-electron chi connectivity index (χ2n) is 11.5. The topological polar surface area (TPSA) is 0 Å². The van der Waals surface area contributed by atoms with Crippen molar-refractivity contribution in [2.45, 2.75) is 188 Å². The van der Waals surface area contributed by atoms with Crippen LogP contribution >= 0.6 is 0 Å². The molecule has 0 aromatic heterocycles. The van der Waals surface area contributed by atoms with E-state index in [1.54, 1.807) is 0 Å². The fourth-order valence-corrected chi connectivity index (χ4v) is 5.43. The van der Waals surface area contributed by atoms with Gasteiger partial charge in [-0.1, -0.05) is 175 Å². The Morgan fingerprint density at radius 2 is 0.758 bits per heavy atom. The smallest absolute Gasteiger partial charge is 0.0351 e. The molecule has 0 rings (SSSR count). The fraction of sp³-hybridized carbons (Fsp3) is 0.939. The van der Waals surface area contributed by atoms with Gasteiger partial charge in [0, 0.05) is 0 Å². The molecule has 0 fully saturated rings. The normalized spacial score (nSPS) is 13.3. The third kappa shape index (κ3) is 27.9. The average Bonchev–Trinajstić information content (AvgIpc) is 2.81. The maximum Gasteiger partial charge on any atom is -0.0351 e. The zero-order valence-electron chi connectivity index (χ0n) is 23.8. The lowest BCUT2D eigenvalue weighted by Gasteiger charge is -2.16. The van der Waals surface area contributed by atoms with Crippen molar-refractivity contribution in [2.24, 2.45) is 11.8 Å². The SMILES string of the molecule is C=CCCC(C)CC(C)CCCCCCCCCCCCCCCCCCCCCCCC. The van der Waals surface area contributed by atoms with Crippen LogP contribution in [0.3, 0.4) is 0 Å². The summed E-state index contributed by atoms with van der Waals surface area (Å²) < 4.78 is 0. The molecule has 0 N–H and O–H groups in total. The van der Waals surface area contributed by atoms with E-state index in [1.807, 2.05) is 0 Å². The standard InChI is InChI=1S/C33H66/c1-5-7-9-10-11-12-13-14-15-16-17-18-19-20-21-22-23-24-25-26-27-28-30-33(4)31-32(3)29-8-6-2/h6,32-33H,2,5,7-31H2,1,3-4H3. The fourth-order valence-electron chi connectivity index (χ4n) is 5.43. The highest BCUT2D eigenvalue weighted by molar-refractivity contribution is 4.69. The Kier molecular flexibility index (Phi) is 27.8. The van der Waals surface area contributed by atoms with Gasteiger partial charge < -0.3 is 0 Å². The van der Waals surface area contributed by atoms with Crippen LogP contribution < -0.4 is 0 Å². The maximum absolute atomic E-state index is 3.85. The van der Waals surface area contributed by atoms with Gasteiger partial charge in [0.05, 0.1) is 0 Å². The van der Waals surface area contributed by atoms with E-state index in [-0.39, 0.29) is 0 Å². The summed E-state index contributed by atoms with van der Waals surface area (Å²) in [7, 11) is 0. The molecule has 0 aliphatic carbocycles. The number of rotatable bonds is 28. The van der Waals surface area contributed by atoms with Crippen molar-refractivity contribution in [3.63, 3.8) is 0 Å². The van der Waals surface area contributed by atoms with E-state index >= 15 is 0 Å². The maximum atomic E-state index is 3.85. The Labute approximate surface area is 212 Å². The predicted octanol–water partition coefficient (Wildman–Crippen LogP) is 12.6. The van der Waals surface area contributed by atoms with Gasteiger partial charge in [-0.3, -0.25) is 0 Å².